The SMILES string of the molecule is CC(C)C[C@H](N)B1O[C@@H]2CC3C[C@@H](C3(C)C)[C@]2(C)O1.Cl. The molecule has 0 amide bonds. The maximum absolute atomic E-state index is 6.35. The summed E-state index contributed by atoms with van der Waals surface area (Å²) >= 11 is 0. The van der Waals surface area contributed by atoms with E-state index in [1.165, 1.54) is 6.42 Å². The van der Waals surface area contributed by atoms with Crippen molar-refractivity contribution >= 4 is 19.5 Å². The molecule has 1 saturated heterocycles. The van der Waals surface area contributed by atoms with Crippen LogP contribution >= 0.6 is 12.4 Å². The van der Waals surface area contributed by atoms with E-state index in [-0.39, 0.29) is 37.2 Å². The van der Waals surface area contributed by atoms with Gasteiger partial charge >= 0.3 is 7.12 Å². The minimum atomic E-state index is -0.201. The normalized spacial score (nSPS) is 42.8. The number of hydrogen-bond donors (Lipinski definition) is 1. The Bertz CT molecular complexity index is 379. The monoisotopic (exact) mass is 301 g/mol. The van der Waals surface area contributed by atoms with Crippen LogP contribution in [-0.4, -0.2) is 24.8 Å². The highest BCUT2D eigenvalue weighted by atomic mass is 35.5. The van der Waals surface area contributed by atoms with Crippen LogP contribution in [0.15, 0.2) is 0 Å². The lowest BCUT2D eigenvalue weighted by molar-refractivity contribution is -0.199. The van der Waals surface area contributed by atoms with E-state index < -0.39 is 0 Å². The predicted octanol–water partition coefficient (Wildman–Crippen LogP) is 3.05. The Morgan fingerprint density at radius 1 is 1.25 bits per heavy atom. The van der Waals surface area contributed by atoms with E-state index >= 15 is 0 Å². The first-order valence-electron chi connectivity index (χ1n) is 7.84. The third kappa shape index (κ3) is 2.23. The van der Waals surface area contributed by atoms with Crippen LogP contribution in [0, 0.1) is 23.2 Å². The molecule has 1 unspecified atom stereocenters. The Hall–Kier alpha value is 0.235. The van der Waals surface area contributed by atoms with Crippen molar-refractivity contribution in [3.8, 4) is 0 Å². The summed E-state index contributed by atoms with van der Waals surface area (Å²) in [7, 11) is -0.201. The number of nitrogens with two attached hydrogens (primary N) is 1. The van der Waals surface area contributed by atoms with Gasteiger partial charge in [0.25, 0.3) is 0 Å². The summed E-state index contributed by atoms with van der Waals surface area (Å²) in [6.07, 6.45) is 3.67. The molecule has 2 bridgehead atoms. The van der Waals surface area contributed by atoms with E-state index in [0.29, 0.717) is 17.3 Å². The third-order valence-corrected chi connectivity index (χ3v) is 6.06. The van der Waals surface area contributed by atoms with Gasteiger partial charge in [-0.1, -0.05) is 27.7 Å². The zero-order chi connectivity index (χ0) is 14.0. The van der Waals surface area contributed by atoms with Crippen molar-refractivity contribution in [1.82, 2.24) is 0 Å². The lowest BCUT2D eigenvalue weighted by Crippen LogP contribution is -2.65. The Balaban J connectivity index is 0.00000147. The van der Waals surface area contributed by atoms with Gasteiger partial charge in [0.1, 0.15) is 0 Å². The van der Waals surface area contributed by atoms with Crippen molar-refractivity contribution in [2.45, 2.75) is 71.5 Å². The Morgan fingerprint density at radius 2 is 1.90 bits per heavy atom. The van der Waals surface area contributed by atoms with E-state index in [1.54, 1.807) is 0 Å². The summed E-state index contributed by atoms with van der Waals surface area (Å²) < 4.78 is 12.5. The first-order valence-corrected chi connectivity index (χ1v) is 7.84. The fraction of sp³-hybridized carbons (Fsp3) is 1.00. The molecule has 5 heteroatoms. The predicted molar refractivity (Wildman–Crippen MR) is 84.8 cm³/mol. The minimum Gasteiger partial charge on any atom is -0.404 e. The summed E-state index contributed by atoms with van der Waals surface area (Å²) in [5, 5.41) is 0. The molecule has 5 atom stereocenters. The van der Waals surface area contributed by atoms with Crippen molar-refractivity contribution in [2.75, 3.05) is 0 Å². The summed E-state index contributed by atoms with van der Waals surface area (Å²) in [6, 6.07) is 0. The van der Waals surface area contributed by atoms with Crippen molar-refractivity contribution in [3.63, 3.8) is 0 Å². The fourth-order valence-corrected chi connectivity index (χ4v) is 4.74. The zero-order valence-corrected chi connectivity index (χ0v) is 14.2. The molecule has 20 heavy (non-hydrogen) atoms. The van der Waals surface area contributed by atoms with Crippen LogP contribution in [0.4, 0.5) is 0 Å². The lowest BCUT2D eigenvalue weighted by atomic mass is 9.43. The molecular weight excluding hydrogens is 272 g/mol. The maximum atomic E-state index is 6.35. The van der Waals surface area contributed by atoms with Gasteiger partial charge < -0.3 is 15.0 Å². The molecule has 3 nitrogen and oxygen atoms in total. The van der Waals surface area contributed by atoms with E-state index in [1.807, 2.05) is 0 Å². The molecule has 116 valence electrons. The van der Waals surface area contributed by atoms with Crippen LogP contribution in [0.2, 0.25) is 0 Å². The topological polar surface area (TPSA) is 44.5 Å². The fourth-order valence-electron chi connectivity index (χ4n) is 4.74. The molecule has 4 aliphatic rings. The van der Waals surface area contributed by atoms with Crippen molar-refractivity contribution in [1.29, 1.82) is 0 Å². The highest BCUT2D eigenvalue weighted by Gasteiger charge is 2.68. The first kappa shape index (κ1) is 16.6. The molecule has 0 spiro atoms. The summed E-state index contributed by atoms with van der Waals surface area (Å²) in [5.41, 5.74) is 6.56. The van der Waals surface area contributed by atoms with Crippen LogP contribution in [0.5, 0.6) is 0 Å². The summed E-state index contributed by atoms with van der Waals surface area (Å²) in [6.45, 7) is 11.4. The molecule has 4 fully saturated rings. The van der Waals surface area contributed by atoms with Gasteiger partial charge in [0.05, 0.1) is 11.7 Å². The van der Waals surface area contributed by atoms with Crippen LogP contribution in [-0.2, 0) is 9.31 Å². The van der Waals surface area contributed by atoms with Gasteiger partial charge in [0, 0.05) is 5.94 Å². The quantitative estimate of drug-likeness (QED) is 0.815. The van der Waals surface area contributed by atoms with Crippen molar-refractivity contribution in [2.24, 2.45) is 28.9 Å². The molecule has 0 radical (unpaired) electrons. The smallest absolute Gasteiger partial charge is 0.404 e. The molecule has 0 aromatic rings. The molecular formula is C15H29BClNO2. The number of rotatable bonds is 3. The summed E-state index contributed by atoms with van der Waals surface area (Å²) in [4.78, 5) is 0. The van der Waals surface area contributed by atoms with Crippen LogP contribution in [0.3, 0.4) is 0 Å². The Labute approximate surface area is 129 Å². The van der Waals surface area contributed by atoms with E-state index in [2.05, 4.69) is 34.6 Å². The number of hydrogen-bond acceptors (Lipinski definition) is 3. The second-order valence-electron chi connectivity index (χ2n) is 8.13. The zero-order valence-electron chi connectivity index (χ0n) is 13.4. The van der Waals surface area contributed by atoms with Gasteiger partial charge in [-0.3, -0.25) is 0 Å². The lowest BCUT2D eigenvalue weighted by Gasteiger charge is -2.64. The van der Waals surface area contributed by atoms with Crippen LogP contribution in [0.25, 0.3) is 0 Å². The largest absolute Gasteiger partial charge is 0.475 e. The molecule has 1 aliphatic heterocycles. The molecule has 3 saturated carbocycles. The van der Waals surface area contributed by atoms with E-state index in [0.717, 1.165) is 18.8 Å². The van der Waals surface area contributed by atoms with E-state index in [9.17, 15) is 0 Å². The van der Waals surface area contributed by atoms with Gasteiger partial charge in [0.15, 0.2) is 0 Å². The second kappa shape index (κ2) is 5.15. The maximum Gasteiger partial charge on any atom is 0.475 e. The molecule has 4 rings (SSSR count). The first-order chi connectivity index (χ1) is 8.75. The van der Waals surface area contributed by atoms with Crippen LogP contribution in [0.1, 0.15) is 53.9 Å². The molecule has 0 aromatic heterocycles. The molecule has 0 aromatic carbocycles. The highest BCUT2D eigenvalue weighted by molar-refractivity contribution is 6.47. The Kier molecular flexibility index (Phi) is 4.28. The average Bonchev–Trinajstić information content (AvgIpc) is 2.64. The summed E-state index contributed by atoms with van der Waals surface area (Å²) in [5.74, 6) is 2.02. The van der Waals surface area contributed by atoms with Crippen LogP contribution < -0.4 is 5.73 Å². The third-order valence-electron chi connectivity index (χ3n) is 6.06. The molecule has 1 heterocycles. The van der Waals surface area contributed by atoms with Gasteiger partial charge in [-0.25, -0.2) is 0 Å². The molecule has 3 aliphatic carbocycles. The standard InChI is InChI=1S/C15H28BNO2.ClH/c1-9(2)6-13(17)16-18-12-8-10-7-11(14(10,3)4)15(12,5)19-16;/h9-13H,6-8,17H2,1-5H3;1H/t10?,11-,12+,13-,15-;/m0./s1. The van der Waals surface area contributed by atoms with Gasteiger partial charge in [0.2, 0.25) is 0 Å². The highest BCUT2D eigenvalue weighted by Crippen LogP contribution is 2.65. The van der Waals surface area contributed by atoms with Gasteiger partial charge in [-0.15, -0.1) is 12.4 Å². The van der Waals surface area contributed by atoms with Crippen molar-refractivity contribution < 1.29 is 9.31 Å². The van der Waals surface area contributed by atoms with Gasteiger partial charge in [-0.05, 0) is 49.4 Å². The average molecular weight is 302 g/mol. The molecule has 2 N–H and O–H groups in total. The Morgan fingerprint density at radius 3 is 2.45 bits per heavy atom. The number of halogens is 1. The van der Waals surface area contributed by atoms with Gasteiger partial charge in [-0.2, -0.15) is 0 Å². The second-order valence-corrected chi connectivity index (χ2v) is 8.13. The van der Waals surface area contributed by atoms with Crippen molar-refractivity contribution in [3.05, 3.63) is 0 Å². The minimum absolute atomic E-state index is 0. The van der Waals surface area contributed by atoms with E-state index in [4.69, 9.17) is 15.0 Å².